The molecule has 2 aromatic carbocycles. The largest absolute Gasteiger partial charge is 0.497 e. The molecule has 5 nitrogen and oxygen atoms in total. The van der Waals surface area contributed by atoms with E-state index in [0.717, 1.165) is 4.47 Å². The molecule has 0 fully saturated rings. The standard InChI is InChI=1S/C15H15BrN2O3/c1-20-10-4-5-13(12(17)8-10)18-15(19)11-7-9(16)3-6-14(11)21-2/h3-8H,17H2,1-2H3,(H,18,19). The third-order valence-corrected chi connectivity index (χ3v) is 3.41. The van der Waals surface area contributed by atoms with Gasteiger partial charge < -0.3 is 20.5 Å². The number of methoxy groups -OCH3 is 2. The fraction of sp³-hybridized carbons (Fsp3) is 0.133. The van der Waals surface area contributed by atoms with Crippen LogP contribution in [0.1, 0.15) is 10.4 Å². The molecule has 3 N–H and O–H groups in total. The van der Waals surface area contributed by atoms with Gasteiger partial charge in [-0.3, -0.25) is 4.79 Å². The number of carbonyl (C=O) groups excluding carboxylic acids is 1. The number of halogens is 1. The third-order valence-electron chi connectivity index (χ3n) is 2.91. The van der Waals surface area contributed by atoms with Crippen molar-refractivity contribution in [3.8, 4) is 11.5 Å². The first-order valence-electron chi connectivity index (χ1n) is 6.13. The zero-order valence-electron chi connectivity index (χ0n) is 11.6. The van der Waals surface area contributed by atoms with Crippen molar-refractivity contribution in [3.63, 3.8) is 0 Å². The smallest absolute Gasteiger partial charge is 0.259 e. The maximum atomic E-state index is 12.4. The Hall–Kier alpha value is -2.21. The van der Waals surface area contributed by atoms with Gasteiger partial charge in [0.1, 0.15) is 11.5 Å². The van der Waals surface area contributed by atoms with Crippen molar-refractivity contribution in [1.29, 1.82) is 0 Å². The van der Waals surface area contributed by atoms with Crippen molar-refractivity contribution in [3.05, 3.63) is 46.4 Å². The Labute approximate surface area is 131 Å². The number of carbonyl (C=O) groups is 1. The molecule has 0 aliphatic rings. The van der Waals surface area contributed by atoms with Crippen LogP contribution in [0.3, 0.4) is 0 Å². The highest BCUT2D eigenvalue weighted by molar-refractivity contribution is 9.10. The Morgan fingerprint density at radius 2 is 1.90 bits per heavy atom. The van der Waals surface area contributed by atoms with E-state index < -0.39 is 0 Å². The van der Waals surface area contributed by atoms with Crippen LogP contribution in [0, 0.1) is 0 Å². The van der Waals surface area contributed by atoms with Crippen LogP contribution < -0.4 is 20.5 Å². The van der Waals surface area contributed by atoms with Crippen LogP contribution in [0.2, 0.25) is 0 Å². The number of hydrogen-bond donors (Lipinski definition) is 2. The summed E-state index contributed by atoms with van der Waals surface area (Å²) in [4.78, 5) is 12.4. The number of nitrogens with two attached hydrogens (primary N) is 1. The lowest BCUT2D eigenvalue weighted by molar-refractivity contribution is 0.102. The van der Waals surface area contributed by atoms with Crippen LogP contribution in [0.15, 0.2) is 40.9 Å². The highest BCUT2D eigenvalue weighted by Crippen LogP contribution is 2.27. The van der Waals surface area contributed by atoms with E-state index in [1.807, 2.05) is 0 Å². The molecule has 0 bridgehead atoms. The zero-order valence-corrected chi connectivity index (χ0v) is 13.2. The van der Waals surface area contributed by atoms with Gasteiger partial charge in [-0.2, -0.15) is 0 Å². The van der Waals surface area contributed by atoms with Crippen LogP contribution in [-0.2, 0) is 0 Å². The molecule has 0 saturated carbocycles. The van der Waals surface area contributed by atoms with E-state index >= 15 is 0 Å². The summed E-state index contributed by atoms with van der Waals surface area (Å²) in [6.07, 6.45) is 0. The maximum absolute atomic E-state index is 12.4. The molecule has 110 valence electrons. The van der Waals surface area contributed by atoms with Gasteiger partial charge in [0.05, 0.1) is 31.2 Å². The number of nitrogens with one attached hydrogen (secondary N) is 1. The molecule has 0 spiro atoms. The molecule has 0 heterocycles. The second-order valence-electron chi connectivity index (χ2n) is 4.25. The monoisotopic (exact) mass is 350 g/mol. The summed E-state index contributed by atoms with van der Waals surface area (Å²) in [6, 6.07) is 10.3. The van der Waals surface area contributed by atoms with Gasteiger partial charge in [0.15, 0.2) is 0 Å². The van der Waals surface area contributed by atoms with Crippen molar-refractivity contribution in [2.24, 2.45) is 0 Å². The molecule has 0 aliphatic heterocycles. The van der Waals surface area contributed by atoms with Crippen LogP contribution in [0.25, 0.3) is 0 Å². The van der Waals surface area contributed by atoms with E-state index in [2.05, 4.69) is 21.2 Å². The highest BCUT2D eigenvalue weighted by atomic mass is 79.9. The van der Waals surface area contributed by atoms with Gasteiger partial charge >= 0.3 is 0 Å². The number of hydrogen-bond acceptors (Lipinski definition) is 4. The summed E-state index contributed by atoms with van der Waals surface area (Å²) in [7, 11) is 3.07. The average molecular weight is 351 g/mol. The molecule has 2 aromatic rings. The zero-order chi connectivity index (χ0) is 15.4. The average Bonchev–Trinajstić information content (AvgIpc) is 2.49. The minimum absolute atomic E-state index is 0.301. The first kappa shape index (κ1) is 15.2. The van der Waals surface area contributed by atoms with Crippen LogP contribution in [0.5, 0.6) is 11.5 Å². The molecule has 0 unspecified atom stereocenters. The number of anilines is 2. The fourth-order valence-corrected chi connectivity index (χ4v) is 2.19. The predicted octanol–water partition coefficient (Wildman–Crippen LogP) is 3.30. The molecule has 0 saturated heterocycles. The lowest BCUT2D eigenvalue weighted by Gasteiger charge is -2.12. The van der Waals surface area contributed by atoms with Crippen molar-refractivity contribution in [1.82, 2.24) is 0 Å². The quantitative estimate of drug-likeness (QED) is 0.829. The lowest BCUT2D eigenvalue weighted by atomic mass is 10.1. The Kier molecular flexibility index (Phi) is 4.70. The summed E-state index contributed by atoms with van der Waals surface area (Å²) in [5.74, 6) is 0.818. The Morgan fingerprint density at radius 1 is 1.14 bits per heavy atom. The second-order valence-corrected chi connectivity index (χ2v) is 5.17. The van der Waals surface area contributed by atoms with Crippen LogP contribution >= 0.6 is 15.9 Å². The summed E-state index contributed by atoms with van der Waals surface area (Å²) >= 11 is 3.34. The molecular weight excluding hydrogens is 336 g/mol. The van der Waals surface area contributed by atoms with Gasteiger partial charge in [-0.25, -0.2) is 0 Å². The Bertz CT molecular complexity index is 674. The van der Waals surface area contributed by atoms with Crippen molar-refractivity contribution in [2.45, 2.75) is 0 Å². The van der Waals surface area contributed by atoms with Crippen LogP contribution in [0.4, 0.5) is 11.4 Å². The van der Waals surface area contributed by atoms with Gasteiger partial charge in [0, 0.05) is 10.5 Å². The first-order chi connectivity index (χ1) is 10.0. The lowest BCUT2D eigenvalue weighted by Crippen LogP contribution is -2.14. The van der Waals surface area contributed by atoms with E-state index in [4.69, 9.17) is 15.2 Å². The van der Waals surface area contributed by atoms with Gasteiger partial charge in [0.25, 0.3) is 5.91 Å². The number of amides is 1. The van der Waals surface area contributed by atoms with E-state index in [-0.39, 0.29) is 5.91 Å². The molecule has 1 amide bonds. The Balaban J connectivity index is 2.28. The topological polar surface area (TPSA) is 73.6 Å². The molecule has 21 heavy (non-hydrogen) atoms. The number of ether oxygens (including phenoxy) is 2. The van der Waals surface area contributed by atoms with Crippen molar-refractivity contribution >= 4 is 33.2 Å². The van der Waals surface area contributed by atoms with Crippen molar-refractivity contribution < 1.29 is 14.3 Å². The maximum Gasteiger partial charge on any atom is 0.259 e. The van der Waals surface area contributed by atoms with E-state index in [1.165, 1.54) is 7.11 Å². The SMILES string of the molecule is COc1ccc(NC(=O)c2cc(Br)ccc2OC)c(N)c1. The predicted molar refractivity (Wildman–Crippen MR) is 86.1 cm³/mol. The minimum Gasteiger partial charge on any atom is -0.497 e. The number of benzene rings is 2. The minimum atomic E-state index is -0.301. The summed E-state index contributed by atoms with van der Waals surface area (Å²) in [6.45, 7) is 0. The Morgan fingerprint density at radius 3 is 2.52 bits per heavy atom. The highest BCUT2D eigenvalue weighted by Gasteiger charge is 2.14. The summed E-state index contributed by atoms with van der Waals surface area (Å²) < 4.78 is 11.1. The number of rotatable bonds is 4. The van der Waals surface area contributed by atoms with Gasteiger partial charge in [-0.1, -0.05) is 15.9 Å². The molecule has 6 heteroatoms. The molecule has 0 radical (unpaired) electrons. The molecular formula is C15H15BrN2O3. The van der Waals surface area contributed by atoms with Gasteiger partial charge in [0.2, 0.25) is 0 Å². The second kappa shape index (κ2) is 6.49. The van der Waals surface area contributed by atoms with Crippen LogP contribution in [-0.4, -0.2) is 20.1 Å². The summed E-state index contributed by atoms with van der Waals surface area (Å²) in [5.41, 5.74) is 7.25. The molecule has 2 rings (SSSR count). The first-order valence-corrected chi connectivity index (χ1v) is 6.93. The van der Waals surface area contributed by atoms with Crippen molar-refractivity contribution in [2.75, 3.05) is 25.3 Å². The van der Waals surface area contributed by atoms with E-state index in [1.54, 1.807) is 43.5 Å². The van der Waals surface area contributed by atoms with Gasteiger partial charge in [-0.15, -0.1) is 0 Å². The summed E-state index contributed by atoms with van der Waals surface area (Å²) in [5, 5.41) is 2.76. The van der Waals surface area contributed by atoms with E-state index in [0.29, 0.717) is 28.4 Å². The molecule has 0 aromatic heterocycles. The van der Waals surface area contributed by atoms with E-state index in [9.17, 15) is 4.79 Å². The third kappa shape index (κ3) is 3.46. The molecule has 0 aliphatic carbocycles. The molecule has 0 atom stereocenters. The normalized spacial score (nSPS) is 10.0. The fourth-order valence-electron chi connectivity index (χ4n) is 1.83. The van der Waals surface area contributed by atoms with Gasteiger partial charge in [-0.05, 0) is 30.3 Å². The number of nitrogen functional groups attached to an aromatic ring is 1.